The molecule has 0 aromatic heterocycles. The van der Waals surface area contributed by atoms with Crippen LogP contribution in [-0.4, -0.2) is 50.2 Å². The molecule has 1 aliphatic rings. The number of nitrogens with zero attached hydrogens (tertiary/aromatic N) is 1. The van der Waals surface area contributed by atoms with Gasteiger partial charge in [0.25, 0.3) is 0 Å². The Balaban J connectivity index is 1.75. The minimum absolute atomic E-state index is 0.00196. The highest BCUT2D eigenvalue weighted by molar-refractivity contribution is 5.97. The van der Waals surface area contributed by atoms with Gasteiger partial charge in [0.1, 0.15) is 0 Å². The average Bonchev–Trinajstić information content (AvgIpc) is 2.49. The molecule has 20 heavy (non-hydrogen) atoms. The highest BCUT2D eigenvalue weighted by atomic mass is 16.5. The van der Waals surface area contributed by atoms with Gasteiger partial charge in [0.05, 0.1) is 13.2 Å². The lowest BCUT2D eigenvalue weighted by molar-refractivity contribution is -0.117. The fraction of sp³-hybridized carbons (Fsp3) is 0.438. The molecule has 0 radical (unpaired) electrons. The van der Waals surface area contributed by atoms with Crippen molar-refractivity contribution in [3.8, 4) is 0 Å². The van der Waals surface area contributed by atoms with Crippen LogP contribution in [0.4, 0.5) is 0 Å². The van der Waals surface area contributed by atoms with E-state index < -0.39 is 0 Å². The van der Waals surface area contributed by atoms with Crippen LogP contribution in [0.3, 0.4) is 0 Å². The molecule has 1 aromatic rings. The van der Waals surface area contributed by atoms with E-state index in [0.717, 1.165) is 44.0 Å². The lowest BCUT2D eigenvalue weighted by Gasteiger charge is -2.26. The Kier molecular flexibility index (Phi) is 5.77. The zero-order valence-corrected chi connectivity index (χ0v) is 12.0. The first-order chi connectivity index (χ1) is 9.75. The lowest BCUT2D eigenvalue weighted by atomic mass is 10.1. The second kappa shape index (κ2) is 7.82. The number of carbonyl (C=O) groups is 1. The third kappa shape index (κ3) is 4.79. The largest absolute Gasteiger partial charge is 0.379 e. The quantitative estimate of drug-likeness (QED) is 0.828. The molecule has 0 saturated carbocycles. The van der Waals surface area contributed by atoms with Crippen LogP contribution in [0.2, 0.25) is 0 Å². The summed E-state index contributed by atoms with van der Waals surface area (Å²) in [6, 6.07) is 9.88. The summed E-state index contributed by atoms with van der Waals surface area (Å²) in [6.07, 6.45) is 1.91. The number of nitrogens with one attached hydrogen (secondary N) is 1. The maximum absolute atomic E-state index is 12.0. The fourth-order valence-corrected chi connectivity index (χ4v) is 2.16. The zero-order chi connectivity index (χ0) is 14.2. The van der Waals surface area contributed by atoms with Gasteiger partial charge in [0.2, 0.25) is 5.91 Å². The number of ether oxygens (including phenoxy) is 1. The fourth-order valence-electron chi connectivity index (χ4n) is 2.16. The van der Waals surface area contributed by atoms with Crippen LogP contribution in [0, 0.1) is 0 Å². The molecule has 0 atom stereocenters. The van der Waals surface area contributed by atoms with Crippen LogP contribution in [0.1, 0.15) is 12.5 Å². The van der Waals surface area contributed by atoms with E-state index in [1.54, 1.807) is 0 Å². The molecule has 4 nitrogen and oxygen atoms in total. The van der Waals surface area contributed by atoms with Crippen LogP contribution < -0.4 is 5.32 Å². The minimum atomic E-state index is 0.00196. The molecule has 1 saturated heterocycles. The van der Waals surface area contributed by atoms with Crippen molar-refractivity contribution < 1.29 is 9.53 Å². The lowest BCUT2D eigenvalue weighted by Crippen LogP contribution is -2.41. The van der Waals surface area contributed by atoms with Gasteiger partial charge in [0.15, 0.2) is 0 Å². The van der Waals surface area contributed by atoms with Crippen LogP contribution in [0.25, 0.3) is 6.08 Å². The molecule has 0 spiro atoms. The molecule has 1 aromatic carbocycles. The third-order valence-corrected chi connectivity index (χ3v) is 3.36. The topological polar surface area (TPSA) is 41.6 Å². The van der Waals surface area contributed by atoms with Crippen molar-refractivity contribution in [3.63, 3.8) is 0 Å². The van der Waals surface area contributed by atoms with E-state index >= 15 is 0 Å². The number of benzene rings is 1. The van der Waals surface area contributed by atoms with Crippen molar-refractivity contribution in [3.05, 3.63) is 41.5 Å². The molecule has 1 amide bonds. The van der Waals surface area contributed by atoms with Crippen LogP contribution in [-0.2, 0) is 9.53 Å². The number of hydrogen-bond donors (Lipinski definition) is 1. The Bertz CT molecular complexity index is 451. The van der Waals surface area contributed by atoms with Gasteiger partial charge in [-0.15, -0.1) is 0 Å². The molecular weight excluding hydrogens is 252 g/mol. The van der Waals surface area contributed by atoms with E-state index in [4.69, 9.17) is 4.74 Å². The predicted molar refractivity (Wildman–Crippen MR) is 80.4 cm³/mol. The SMILES string of the molecule is C/C(=C\c1ccccc1)C(=O)NCCN1CCOCC1. The van der Waals surface area contributed by atoms with Crippen LogP contribution in [0.15, 0.2) is 35.9 Å². The Morgan fingerprint density at radius 2 is 2.00 bits per heavy atom. The third-order valence-electron chi connectivity index (χ3n) is 3.36. The number of hydrogen-bond acceptors (Lipinski definition) is 3. The first-order valence-corrected chi connectivity index (χ1v) is 7.07. The van der Waals surface area contributed by atoms with Gasteiger partial charge in [-0.25, -0.2) is 0 Å². The number of morpholine rings is 1. The standard InChI is InChI=1S/C16H22N2O2/c1-14(13-15-5-3-2-4-6-15)16(19)17-7-8-18-9-11-20-12-10-18/h2-6,13H,7-12H2,1H3,(H,17,19)/b14-13+. The van der Waals surface area contributed by atoms with Gasteiger partial charge >= 0.3 is 0 Å². The Morgan fingerprint density at radius 3 is 2.70 bits per heavy atom. The van der Waals surface area contributed by atoms with E-state index in [2.05, 4.69) is 10.2 Å². The van der Waals surface area contributed by atoms with Gasteiger partial charge in [-0.3, -0.25) is 9.69 Å². The molecular formula is C16H22N2O2. The summed E-state index contributed by atoms with van der Waals surface area (Å²) in [5, 5.41) is 2.96. The van der Waals surface area contributed by atoms with E-state index in [-0.39, 0.29) is 5.91 Å². The predicted octanol–water partition coefficient (Wildman–Crippen LogP) is 1.54. The Morgan fingerprint density at radius 1 is 1.30 bits per heavy atom. The van der Waals surface area contributed by atoms with E-state index in [1.807, 2.05) is 43.3 Å². The van der Waals surface area contributed by atoms with Gasteiger partial charge in [-0.1, -0.05) is 30.3 Å². The van der Waals surface area contributed by atoms with Crippen molar-refractivity contribution in [2.45, 2.75) is 6.92 Å². The normalized spacial score (nSPS) is 16.9. The summed E-state index contributed by atoms with van der Waals surface area (Å²) in [4.78, 5) is 14.3. The molecule has 108 valence electrons. The van der Waals surface area contributed by atoms with Crippen molar-refractivity contribution in [2.24, 2.45) is 0 Å². The number of carbonyl (C=O) groups excluding carboxylic acids is 1. The zero-order valence-electron chi connectivity index (χ0n) is 12.0. The second-order valence-corrected chi connectivity index (χ2v) is 4.95. The molecule has 0 bridgehead atoms. The summed E-state index contributed by atoms with van der Waals surface area (Å²) in [5.74, 6) is 0.00196. The van der Waals surface area contributed by atoms with E-state index in [0.29, 0.717) is 6.54 Å². The molecule has 4 heteroatoms. The molecule has 1 aliphatic heterocycles. The van der Waals surface area contributed by atoms with Crippen LogP contribution >= 0.6 is 0 Å². The monoisotopic (exact) mass is 274 g/mol. The average molecular weight is 274 g/mol. The van der Waals surface area contributed by atoms with Gasteiger partial charge in [0, 0.05) is 31.8 Å². The highest BCUT2D eigenvalue weighted by Gasteiger charge is 2.10. The molecule has 2 rings (SSSR count). The van der Waals surface area contributed by atoms with Crippen molar-refractivity contribution in [1.29, 1.82) is 0 Å². The first-order valence-electron chi connectivity index (χ1n) is 7.07. The highest BCUT2D eigenvalue weighted by Crippen LogP contribution is 2.06. The molecule has 0 aliphatic carbocycles. The summed E-state index contributed by atoms with van der Waals surface area (Å²) in [6.45, 7) is 6.90. The number of rotatable bonds is 5. The van der Waals surface area contributed by atoms with Crippen molar-refractivity contribution >= 4 is 12.0 Å². The van der Waals surface area contributed by atoms with Crippen LogP contribution in [0.5, 0.6) is 0 Å². The molecule has 1 N–H and O–H groups in total. The number of amides is 1. The van der Waals surface area contributed by atoms with Crippen molar-refractivity contribution in [1.82, 2.24) is 10.2 Å². The summed E-state index contributed by atoms with van der Waals surface area (Å²) in [7, 11) is 0. The maximum Gasteiger partial charge on any atom is 0.246 e. The smallest absolute Gasteiger partial charge is 0.246 e. The van der Waals surface area contributed by atoms with E-state index in [1.165, 1.54) is 0 Å². The molecule has 1 heterocycles. The second-order valence-electron chi connectivity index (χ2n) is 4.95. The maximum atomic E-state index is 12.0. The Labute approximate surface area is 120 Å². The first kappa shape index (κ1) is 14.8. The molecule has 1 fully saturated rings. The Hall–Kier alpha value is -1.65. The van der Waals surface area contributed by atoms with Gasteiger partial charge < -0.3 is 10.1 Å². The summed E-state index contributed by atoms with van der Waals surface area (Å²) < 4.78 is 5.29. The van der Waals surface area contributed by atoms with E-state index in [9.17, 15) is 4.79 Å². The van der Waals surface area contributed by atoms with Gasteiger partial charge in [-0.05, 0) is 18.6 Å². The van der Waals surface area contributed by atoms with Crippen molar-refractivity contribution in [2.75, 3.05) is 39.4 Å². The summed E-state index contributed by atoms with van der Waals surface area (Å²) >= 11 is 0. The molecule has 0 unspecified atom stereocenters. The minimum Gasteiger partial charge on any atom is -0.379 e. The van der Waals surface area contributed by atoms with Gasteiger partial charge in [-0.2, -0.15) is 0 Å². The summed E-state index contributed by atoms with van der Waals surface area (Å²) in [5.41, 5.74) is 1.78.